The normalized spacial score (nSPS) is 20.7. The highest BCUT2D eigenvalue weighted by atomic mass is 16.5. The molecule has 15 heavy (non-hydrogen) atoms. The molecule has 2 rings (SSSR count). The van der Waals surface area contributed by atoms with Crippen LogP contribution in [0.5, 0.6) is 0 Å². The van der Waals surface area contributed by atoms with E-state index in [1.807, 2.05) is 13.0 Å². The smallest absolute Gasteiger partial charge is 0.109 e. The first kappa shape index (κ1) is 10.6. The minimum Gasteiger partial charge on any atom is -0.385 e. The summed E-state index contributed by atoms with van der Waals surface area (Å²) in [6.07, 6.45) is 5.94. The third-order valence-corrected chi connectivity index (χ3v) is 3.32. The van der Waals surface area contributed by atoms with Crippen molar-refractivity contribution in [3.63, 3.8) is 0 Å². The maximum Gasteiger partial charge on any atom is 0.109 e. The quantitative estimate of drug-likeness (QED) is 0.824. The molecule has 1 fully saturated rings. The summed E-state index contributed by atoms with van der Waals surface area (Å²) in [6.45, 7) is 1.98. The minimum absolute atomic E-state index is 0.366. The zero-order valence-electron chi connectivity index (χ0n) is 9.23. The van der Waals surface area contributed by atoms with Crippen LogP contribution in [0.3, 0.4) is 0 Å². The van der Waals surface area contributed by atoms with Gasteiger partial charge in [0.25, 0.3) is 0 Å². The molecule has 0 aromatic carbocycles. The highest BCUT2D eigenvalue weighted by Gasteiger charge is 2.44. The van der Waals surface area contributed by atoms with Crippen molar-refractivity contribution < 1.29 is 9.84 Å². The Bertz CT molecular complexity index is 342. The first-order valence-electron chi connectivity index (χ1n) is 5.33. The fourth-order valence-electron chi connectivity index (χ4n) is 2.15. The lowest BCUT2D eigenvalue weighted by Crippen LogP contribution is -2.45. The lowest BCUT2D eigenvalue weighted by Gasteiger charge is -2.44. The van der Waals surface area contributed by atoms with Gasteiger partial charge in [0, 0.05) is 25.1 Å². The van der Waals surface area contributed by atoms with Crippen LogP contribution in [0, 0.1) is 6.92 Å². The van der Waals surface area contributed by atoms with E-state index >= 15 is 0 Å². The van der Waals surface area contributed by atoms with Crippen molar-refractivity contribution in [2.75, 3.05) is 7.11 Å². The van der Waals surface area contributed by atoms with Crippen LogP contribution in [0.25, 0.3) is 0 Å². The summed E-state index contributed by atoms with van der Waals surface area (Å²) in [5.74, 6) is 0. The van der Waals surface area contributed by atoms with Gasteiger partial charge < -0.3 is 9.84 Å². The Kier molecular flexibility index (Phi) is 2.76. The molecule has 0 aliphatic heterocycles. The van der Waals surface area contributed by atoms with E-state index in [1.54, 1.807) is 19.5 Å². The van der Waals surface area contributed by atoms with Gasteiger partial charge in [0.15, 0.2) is 0 Å². The molecule has 1 unspecified atom stereocenters. The van der Waals surface area contributed by atoms with Gasteiger partial charge in [-0.25, -0.2) is 0 Å². The number of hydrogen-bond acceptors (Lipinski definition) is 3. The molecule has 1 aromatic rings. The lowest BCUT2D eigenvalue weighted by atomic mass is 9.74. The van der Waals surface area contributed by atoms with Crippen molar-refractivity contribution in [2.45, 2.75) is 37.9 Å². The zero-order valence-corrected chi connectivity index (χ0v) is 9.23. The standard InChI is InChI=1S/C12H17NO2/c1-9-6-10(8-13-7-9)11(14)12(15-2)4-3-5-12/h6-8,11,14H,3-5H2,1-2H3. The summed E-state index contributed by atoms with van der Waals surface area (Å²) in [5, 5.41) is 10.3. The molecule has 0 amide bonds. The van der Waals surface area contributed by atoms with Crippen LogP contribution in [0.2, 0.25) is 0 Å². The third kappa shape index (κ3) is 1.77. The second-order valence-electron chi connectivity index (χ2n) is 4.32. The Hall–Kier alpha value is -0.930. The first-order valence-corrected chi connectivity index (χ1v) is 5.33. The molecule has 1 heterocycles. The summed E-state index contributed by atoms with van der Waals surface area (Å²) in [5.41, 5.74) is 1.56. The van der Waals surface area contributed by atoms with E-state index in [1.165, 1.54) is 0 Å². The molecule has 1 aliphatic carbocycles. The summed E-state index contributed by atoms with van der Waals surface area (Å²) in [4.78, 5) is 4.10. The Morgan fingerprint density at radius 3 is 2.67 bits per heavy atom. The molecule has 0 saturated heterocycles. The molecule has 1 N–H and O–H groups in total. The highest BCUT2D eigenvalue weighted by Crippen LogP contribution is 2.44. The van der Waals surface area contributed by atoms with Crippen LogP contribution in [-0.4, -0.2) is 22.8 Å². The van der Waals surface area contributed by atoms with Crippen molar-refractivity contribution in [1.29, 1.82) is 0 Å². The predicted molar refractivity (Wildman–Crippen MR) is 57.5 cm³/mol. The van der Waals surface area contributed by atoms with Crippen molar-refractivity contribution >= 4 is 0 Å². The maximum atomic E-state index is 10.3. The number of rotatable bonds is 3. The first-order chi connectivity index (χ1) is 7.18. The summed E-state index contributed by atoms with van der Waals surface area (Å²) in [6, 6.07) is 1.97. The van der Waals surface area contributed by atoms with Gasteiger partial charge >= 0.3 is 0 Å². The van der Waals surface area contributed by atoms with E-state index in [0.29, 0.717) is 0 Å². The molecule has 1 atom stereocenters. The van der Waals surface area contributed by atoms with E-state index in [4.69, 9.17) is 4.74 Å². The Morgan fingerprint density at radius 1 is 1.47 bits per heavy atom. The van der Waals surface area contributed by atoms with Gasteiger partial charge in [-0.15, -0.1) is 0 Å². The van der Waals surface area contributed by atoms with Gasteiger partial charge in [0.1, 0.15) is 6.10 Å². The van der Waals surface area contributed by atoms with Crippen LogP contribution < -0.4 is 0 Å². The average molecular weight is 207 g/mol. The van der Waals surface area contributed by atoms with E-state index in [-0.39, 0.29) is 5.60 Å². The largest absolute Gasteiger partial charge is 0.385 e. The number of aromatic nitrogens is 1. The fraction of sp³-hybridized carbons (Fsp3) is 0.583. The second-order valence-corrected chi connectivity index (χ2v) is 4.32. The summed E-state index contributed by atoms with van der Waals surface area (Å²) >= 11 is 0. The van der Waals surface area contributed by atoms with Crippen LogP contribution in [0.15, 0.2) is 18.5 Å². The molecule has 1 aromatic heterocycles. The van der Waals surface area contributed by atoms with E-state index in [9.17, 15) is 5.11 Å². The topological polar surface area (TPSA) is 42.4 Å². The molecule has 0 bridgehead atoms. The van der Waals surface area contributed by atoms with Gasteiger partial charge in [-0.3, -0.25) is 4.98 Å². The number of aryl methyl sites for hydroxylation is 1. The Balaban J connectivity index is 2.23. The molecule has 3 heteroatoms. The second kappa shape index (κ2) is 3.91. The molecular weight excluding hydrogens is 190 g/mol. The van der Waals surface area contributed by atoms with Gasteiger partial charge in [-0.1, -0.05) is 6.07 Å². The van der Waals surface area contributed by atoms with E-state index < -0.39 is 6.10 Å². The lowest BCUT2D eigenvalue weighted by molar-refractivity contribution is -0.151. The number of aliphatic hydroxyl groups is 1. The monoisotopic (exact) mass is 207 g/mol. The van der Waals surface area contributed by atoms with E-state index in [0.717, 1.165) is 30.4 Å². The van der Waals surface area contributed by atoms with Gasteiger partial charge in [-0.2, -0.15) is 0 Å². The number of aliphatic hydroxyl groups excluding tert-OH is 1. The number of nitrogens with zero attached hydrogens (tertiary/aromatic N) is 1. The van der Waals surface area contributed by atoms with Crippen LogP contribution in [0.4, 0.5) is 0 Å². The zero-order chi connectivity index (χ0) is 10.9. The SMILES string of the molecule is COC1(C(O)c2cncc(C)c2)CCC1. The number of methoxy groups -OCH3 is 1. The number of pyridine rings is 1. The van der Waals surface area contributed by atoms with Crippen LogP contribution >= 0.6 is 0 Å². The van der Waals surface area contributed by atoms with Crippen molar-refractivity contribution in [1.82, 2.24) is 4.98 Å². The highest BCUT2D eigenvalue weighted by molar-refractivity contribution is 5.22. The molecule has 1 saturated carbocycles. The fourth-order valence-corrected chi connectivity index (χ4v) is 2.15. The third-order valence-electron chi connectivity index (χ3n) is 3.32. The van der Waals surface area contributed by atoms with Gasteiger partial charge in [-0.05, 0) is 31.7 Å². The summed E-state index contributed by atoms with van der Waals surface area (Å²) in [7, 11) is 1.67. The Labute approximate surface area is 90.1 Å². The number of ether oxygens (including phenoxy) is 1. The van der Waals surface area contributed by atoms with E-state index in [2.05, 4.69) is 4.98 Å². The maximum absolute atomic E-state index is 10.3. The van der Waals surface area contributed by atoms with Gasteiger partial charge in [0.05, 0.1) is 5.60 Å². The minimum atomic E-state index is -0.552. The predicted octanol–water partition coefficient (Wildman–Crippen LogP) is 1.99. The van der Waals surface area contributed by atoms with Crippen molar-refractivity contribution in [3.8, 4) is 0 Å². The number of hydrogen-bond donors (Lipinski definition) is 1. The summed E-state index contributed by atoms with van der Waals surface area (Å²) < 4.78 is 5.45. The van der Waals surface area contributed by atoms with Crippen molar-refractivity contribution in [3.05, 3.63) is 29.6 Å². The molecular formula is C12H17NO2. The van der Waals surface area contributed by atoms with Crippen LogP contribution in [0.1, 0.15) is 36.5 Å². The average Bonchev–Trinajstić information content (AvgIpc) is 2.17. The van der Waals surface area contributed by atoms with Gasteiger partial charge in [0.2, 0.25) is 0 Å². The molecule has 82 valence electrons. The molecule has 3 nitrogen and oxygen atoms in total. The molecule has 1 aliphatic rings. The van der Waals surface area contributed by atoms with Crippen LogP contribution in [-0.2, 0) is 4.74 Å². The molecule has 0 spiro atoms. The Morgan fingerprint density at radius 2 is 2.20 bits per heavy atom. The van der Waals surface area contributed by atoms with Crippen molar-refractivity contribution in [2.24, 2.45) is 0 Å². The molecule has 0 radical (unpaired) electrons.